The predicted octanol–water partition coefficient (Wildman–Crippen LogP) is 9.21. The Labute approximate surface area is 318 Å². The molecule has 1 atom stereocenters. The van der Waals surface area contributed by atoms with E-state index in [1.54, 1.807) is 48.5 Å². The van der Waals surface area contributed by atoms with Crippen molar-refractivity contribution in [2.24, 2.45) is 5.11 Å². The average Bonchev–Trinajstić information content (AvgIpc) is 3.15. The fraction of sp³-hybridized carbons (Fsp3) is 0.372. The minimum atomic E-state index is -2.80. The highest BCUT2D eigenvalue weighted by Gasteiger charge is 2.58. The summed E-state index contributed by atoms with van der Waals surface area (Å²) >= 11 is 0. The highest BCUT2D eigenvalue weighted by molar-refractivity contribution is 6.19. The summed E-state index contributed by atoms with van der Waals surface area (Å²) in [4.78, 5) is 41.1. The fourth-order valence-electron chi connectivity index (χ4n) is 5.78. The highest BCUT2D eigenvalue weighted by Crippen LogP contribution is 2.38. The Morgan fingerprint density at radius 2 is 1.52 bits per heavy atom. The first-order valence-electron chi connectivity index (χ1n) is 18.3. The van der Waals surface area contributed by atoms with Gasteiger partial charge in [0.1, 0.15) is 5.75 Å². The second kappa shape index (κ2) is 17.5. The number of hydroxylamine groups is 1. The molecule has 0 spiro atoms. The van der Waals surface area contributed by atoms with Crippen molar-refractivity contribution in [1.29, 1.82) is 0 Å². The number of nitrogens with two attached hydrogens (primary N) is 1. The molecule has 11 nitrogen and oxygen atoms in total. The number of amides is 2. The molecule has 286 valence electrons. The zero-order valence-corrected chi connectivity index (χ0v) is 32.6. The largest absolute Gasteiger partial charge is 0.596 e. The van der Waals surface area contributed by atoms with Crippen LogP contribution >= 0.6 is 0 Å². The number of carbonyl (C=O) groups excluding carboxylic acids is 3. The summed E-state index contributed by atoms with van der Waals surface area (Å²) in [5.74, 6) is -1.57. The second-order valence-electron chi connectivity index (χ2n) is 14.7. The van der Waals surface area contributed by atoms with Crippen LogP contribution in [-0.4, -0.2) is 41.9 Å². The van der Waals surface area contributed by atoms with Crippen LogP contribution in [0.1, 0.15) is 94.3 Å². The number of hydrogen-bond acceptors (Lipinski definition) is 8. The highest BCUT2D eigenvalue weighted by atomic mass is 16.6. The van der Waals surface area contributed by atoms with Gasteiger partial charge in [0.25, 0.3) is 5.78 Å². The number of ether oxygens (including phenoxy) is 2. The molecule has 0 saturated carbocycles. The standard InChI is InChI=1S/C43H53N5O6/c1-9-41(4,5)31-22-24-37(34(28-31)42(6,7)10-2)54-25-15-20-38(49)45-33-19-14-16-30(27-33)39(50)43(53-8,40(51)46-32-17-12-11-13-18-32)48(52)47-36-23-21-29(3)26-35(36)44/h11-14,16-19,21-24,26-28H,9-10,15,20,25,44H2,1-8H3,(H,45,49)(H,46,51)/b48-47-. The van der Waals surface area contributed by atoms with Gasteiger partial charge in [0.05, 0.1) is 12.3 Å². The van der Waals surface area contributed by atoms with E-state index < -0.39 is 17.4 Å². The molecule has 2 amide bonds. The molecule has 0 aromatic heterocycles. The zero-order valence-electron chi connectivity index (χ0n) is 32.6. The van der Waals surface area contributed by atoms with Crippen LogP contribution in [0, 0.1) is 12.1 Å². The van der Waals surface area contributed by atoms with E-state index in [9.17, 15) is 19.6 Å². The fourth-order valence-corrected chi connectivity index (χ4v) is 5.78. The molecule has 0 aliphatic heterocycles. The van der Waals surface area contributed by atoms with E-state index in [-0.39, 0.29) is 45.0 Å². The Bertz CT molecular complexity index is 1990. The molecule has 0 aliphatic carbocycles. The molecule has 4 aromatic rings. The molecular weight excluding hydrogens is 683 g/mol. The molecule has 4 rings (SSSR count). The third kappa shape index (κ3) is 9.51. The van der Waals surface area contributed by atoms with Gasteiger partial charge < -0.3 is 31.0 Å². The smallest absolute Gasteiger partial charge is 0.447 e. The summed E-state index contributed by atoms with van der Waals surface area (Å²) in [6.45, 7) is 15.4. The first kappa shape index (κ1) is 41.2. The number of Topliss-reactive ketones (excluding diaryl/α,β-unsaturated/α-hetero) is 1. The third-order valence-corrected chi connectivity index (χ3v) is 10.1. The van der Waals surface area contributed by atoms with E-state index in [4.69, 9.17) is 15.2 Å². The van der Waals surface area contributed by atoms with Crippen LogP contribution in [-0.2, 0) is 25.2 Å². The third-order valence-electron chi connectivity index (χ3n) is 10.1. The van der Waals surface area contributed by atoms with Crippen LogP contribution in [0.15, 0.2) is 96.1 Å². The lowest BCUT2D eigenvalue weighted by Crippen LogP contribution is -2.57. The minimum Gasteiger partial charge on any atom is -0.596 e. The van der Waals surface area contributed by atoms with Gasteiger partial charge in [-0.15, -0.1) is 0 Å². The molecule has 1 unspecified atom stereocenters. The zero-order chi connectivity index (χ0) is 39.7. The van der Waals surface area contributed by atoms with Gasteiger partial charge in [0.2, 0.25) is 5.91 Å². The number of para-hydroxylation sites is 1. The van der Waals surface area contributed by atoms with Crippen molar-refractivity contribution in [2.75, 3.05) is 30.1 Å². The molecule has 0 radical (unpaired) electrons. The Morgan fingerprint density at radius 3 is 2.17 bits per heavy atom. The maximum atomic E-state index is 14.2. The van der Waals surface area contributed by atoms with Gasteiger partial charge in [-0.05, 0) is 95.5 Å². The summed E-state index contributed by atoms with van der Waals surface area (Å²) in [5, 5.41) is 23.2. The Morgan fingerprint density at radius 1 is 0.833 bits per heavy atom. The maximum Gasteiger partial charge on any atom is 0.447 e. The van der Waals surface area contributed by atoms with Gasteiger partial charge in [0, 0.05) is 41.1 Å². The van der Waals surface area contributed by atoms with Gasteiger partial charge in [-0.1, -0.05) is 90.1 Å². The number of hydrogen-bond donors (Lipinski definition) is 3. The maximum absolute atomic E-state index is 14.2. The van der Waals surface area contributed by atoms with Crippen molar-refractivity contribution in [3.05, 3.63) is 118 Å². The van der Waals surface area contributed by atoms with Crippen LogP contribution in [0.2, 0.25) is 0 Å². The number of nitrogen functional groups attached to an aromatic ring is 1. The summed E-state index contributed by atoms with van der Waals surface area (Å²) in [7, 11) is 1.07. The quantitative estimate of drug-likeness (QED) is 0.0143. The molecular formula is C43H53N5O6. The molecule has 4 aromatic carbocycles. The normalized spacial score (nSPS) is 13.1. The van der Waals surface area contributed by atoms with Crippen LogP contribution in [0.25, 0.3) is 0 Å². The van der Waals surface area contributed by atoms with Gasteiger partial charge in [-0.25, -0.2) is 0 Å². The number of aryl methyl sites for hydroxylation is 1. The number of azo groups is 1. The summed E-state index contributed by atoms with van der Waals surface area (Å²) in [6.07, 6.45) is 2.55. The second-order valence-corrected chi connectivity index (χ2v) is 14.7. The monoisotopic (exact) mass is 735 g/mol. The number of anilines is 3. The number of nitrogens with one attached hydrogen (secondary N) is 2. The Balaban J connectivity index is 1.52. The summed E-state index contributed by atoms with van der Waals surface area (Å²) < 4.78 is 11.7. The number of nitrogens with zero attached hydrogens (tertiary/aromatic N) is 2. The lowest BCUT2D eigenvalue weighted by Gasteiger charge is -2.30. The van der Waals surface area contributed by atoms with Gasteiger partial charge >= 0.3 is 11.6 Å². The lowest BCUT2D eigenvalue weighted by atomic mass is 9.76. The summed E-state index contributed by atoms with van der Waals surface area (Å²) in [5.41, 5.74) is 7.24. The summed E-state index contributed by atoms with van der Waals surface area (Å²) in [6, 6.07) is 25.5. The minimum absolute atomic E-state index is 0.0381. The SMILES string of the molecule is CCC(C)(C)c1ccc(OCCCC(=O)Nc2cccc(C(=O)C(OC)(C(=O)Nc3ccccc3)/[N+]([O-])=N/c3ccc(C)cc3N)c2)c(C(C)(C)CC)c1. The number of benzene rings is 4. The van der Waals surface area contributed by atoms with Crippen molar-refractivity contribution in [3.8, 4) is 5.75 Å². The first-order valence-corrected chi connectivity index (χ1v) is 18.3. The molecule has 0 saturated heterocycles. The Hall–Kier alpha value is -5.55. The van der Waals surface area contributed by atoms with Gasteiger partial charge in [0.15, 0.2) is 5.69 Å². The van der Waals surface area contributed by atoms with Crippen molar-refractivity contribution in [3.63, 3.8) is 0 Å². The van der Waals surface area contributed by atoms with Gasteiger partial charge in [-0.2, -0.15) is 0 Å². The number of methoxy groups -OCH3 is 1. The number of carbonyl (C=O) groups is 3. The average molecular weight is 736 g/mol. The van der Waals surface area contributed by atoms with Crippen LogP contribution < -0.4 is 21.1 Å². The molecule has 0 fully saturated rings. The van der Waals surface area contributed by atoms with Crippen molar-refractivity contribution < 1.29 is 28.7 Å². The molecule has 0 heterocycles. The van der Waals surface area contributed by atoms with E-state index >= 15 is 0 Å². The van der Waals surface area contributed by atoms with Crippen LogP contribution in [0.5, 0.6) is 5.75 Å². The van der Waals surface area contributed by atoms with Gasteiger partial charge in [-0.3, -0.25) is 14.4 Å². The van der Waals surface area contributed by atoms with E-state index in [2.05, 4.69) is 69.4 Å². The van der Waals surface area contributed by atoms with Crippen LogP contribution in [0.4, 0.5) is 22.7 Å². The number of ketones is 1. The topological polar surface area (TPSA) is 158 Å². The van der Waals surface area contributed by atoms with E-state index in [1.807, 2.05) is 13.0 Å². The molecule has 54 heavy (non-hydrogen) atoms. The molecule has 0 aliphatic rings. The molecule has 11 heteroatoms. The predicted molar refractivity (Wildman–Crippen MR) is 213 cm³/mol. The lowest BCUT2D eigenvalue weighted by molar-refractivity contribution is -0.619. The van der Waals surface area contributed by atoms with Crippen molar-refractivity contribution in [1.82, 2.24) is 0 Å². The Kier molecular flexibility index (Phi) is 13.4. The molecule has 4 N–H and O–H groups in total. The van der Waals surface area contributed by atoms with E-state index in [1.165, 1.54) is 29.8 Å². The van der Waals surface area contributed by atoms with E-state index in [0.29, 0.717) is 24.4 Å². The first-order chi connectivity index (χ1) is 25.6. The van der Waals surface area contributed by atoms with Crippen molar-refractivity contribution in [2.45, 2.75) is 90.7 Å². The number of rotatable bonds is 17. The van der Waals surface area contributed by atoms with Crippen molar-refractivity contribution >= 4 is 40.3 Å². The van der Waals surface area contributed by atoms with Crippen LogP contribution in [0.3, 0.4) is 0 Å². The van der Waals surface area contributed by atoms with E-state index in [0.717, 1.165) is 36.8 Å². The molecule has 0 bridgehead atoms.